The average Bonchev–Trinajstić information content (AvgIpc) is 2.62. The Bertz CT molecular complexity index is 787. The van der Waals surface area contributed by atoms with Gasteiger partial charge in [0.1, 0.15) is 0 Å². The molecule has 0 aliphatic heterocycles. The quantitative estimate of drug-likeness (QED) is 0.578. The van der Waals surface area contributed by atoms with E-state index in [1.807, 2.05) is 45.0 Å². The Hall–Kier alpha value is -3.02. The lowest BCUT2D eigenvalue weighted by Gasteiger charge is -2.09. The molecule has 138 valence electrons. The van der Waals surface area contributed by atoms with Gasteiger partial charge < -0.3 is 19.6 Å². The third-order valence-electron chi connectivity index (χ3n) is 3.75. The summed E-state index contributed by atoms with van der Waals surface area (Å²) in [6.45, 7) is 6.29. The molecule has 26 heavy (non-hydrogen) atoms. The number of carbonyl (C=O) groups is 1. The van der Waals surface area contributed by atoms with E-state index < -0.39 is 0 Å². The molecule has 0 radical (unpaired) electrons. The van der Waals surface area contributed by atoms with Crippen LogP contribution in [0.25, 0.3) is 0 Å². The van der Waals surface area contributed by atoms with Crippen molar-refractivity contribution < 1.29 is 19.1 Å². The average molecular weight is 356 g/mol. The summed E-state index contributed by atoms with van der Waals surface area (Å²) in [4.78, 5) is 17.0. The number of carbonyl (C=O) groups excluding carboxylic acids is 1. The largest absolute Gasteiger partial charge is 0.493 e. The molecule has 0 atom stereocenters. The van der Waals surface area contributed by atoms with Gasteiger partial charge in [-0.25, -0.2) is 0 Å². The van der Waals surface area contributed by atoms with Crippen LogP contribution in [0.15, 0.2) is 41.6 Å². The van der Waals surface area contributed by atoms with Crippen molar-refractivity contribution >= 4 is 17.8 Å². The summed E-state index contributed by atoms with van der Waals surface area (Å²) in [5.74, 6) is 1.01. The number of oxime groups is 1. The van der Waals surface area contributed by atoms with Crippen LogP contribution in [0.2, 0.25) is 0 Å². The first-order chi connectivity index (χ1) is 12.5. The number of methoxy groups -OCH3 is 1. The van der Waals surface area contributed by atoms with Crippen LogP contribution in [0.3, 0.4) is 0 Å². The fourth-order valence-corrected chi connectivity index (χ4v) is 2.25. The minimum atomic E-state index is -0.268. The van der Waals surface area contributed by atoms with E-state index >= 15 is 0 Å². The maximum Gasteiger partial charge on any atom is 0.265 e. The second-order valence-electron chi connectivity index (χ2n) is 5.70. The van der Waals surface area contributed by atoms with Gasteiger partial charge in [0, 0.05) is 11.3 Å². The molecule has 0 saturated carbocycles. The van der Waals surface area contributed by atoms with Gasteiger partial charge in [0.2, 0.25) is 0 Å². The van der Waals surface area contributed by atoms with Crippen molar-refractivity contribution in [1.82, 2.24) is 0 Å². The predicted molar refractivity (Wildman–Crippen MR) is 102 cm³/mol. The van der Waals surface area contributed by atoms with E-state index in [2.05, 4.69) is 10.5 Å². The molecule has 0 spiro atoms. The van der Waals surface area contributed by atoms with Crippen LogP contribution < -0.4 is 14.8 Å². The predicted octanol–water partition coefficient (Wildman–Crippen LogP) is 3.70. The summed E-state index contributed by atoms with van der Waals surface area (Å²) >= 11 is 0. The highest BCUT2D eigenvalue weighted by molar-refractivity contribution is 5.91. The van der Waals surface area contributed by atoms with E-state index in [4.69, 9.17) is 14.3 Å². The van der Waals surface area contributed by atoms with Crippen molar-refractivity contribution in [2.45, 2.75) is 20.8 Å². The number of hydrogen-bond acceptors (Lipinski definition) is 5. The van der Waals surface area contributed by atoms with E-state index in [1.165, 1.54) is 11.8 Å². The molecule has 2 aromatic rings. The van der Waals surface area contributed by atoms with Crippen molar-refractivity contribution in [2.75, 3.05) is 25.6 Å². The maximum absolute atomic E-state index is 11.9. The second kappa shape index (κ2) is 9.46. The highest BCUT2D eigenvalue weighted by atomic mass is 16.6. The lowest BCUT2D eigenvalue weighted by atomic mass is 10.1. The van der Waals surface area contributed by atoms with E-state index in [9.17, 15) is 4.79 Å². The Morgan fingerprint density at radius 1 is 1.12 bits per heavy atom. The first-order valence-corrected chi connectivity index (χ1v) is 8.36. The van der Waals surface area contributed by atoms with Crippen LogP contribution in [0.5, 0.6) is 11.5 Å². The van der Waals surface area contributed by atoms with Crippen molar-refractivity contribution in [2.24, 2.45) is 5.16 Å². The lowest BCUT2D eigenvalue weighted by Crippen LogP contribution is -2.17. The van der Waals surface area contributed by atoms with Crippen LogP contribution >= 0.6 is 0 Å². The van der Waals surface area contributed by atoms with Gasteiger partial charge in [-0.2, -0.15) is 0 Å². The summed E-state index contributed by atoms with van der Waals surface area (Å²) in [5.41, 5.74) is 3.81. The molecule has 6 nitrogen and oxygen atoms in total. The third kappa shape index (κ3) is 5.51. The van der Waals surface area contributed by atoms with Gasteiger partial charge in [0.15, 0.2) is 18.1 Å². The normalized spacial score (nSPS) is 10.6. The van der Waals surface area contributed by atoms with E-state index in [0.717, 1.165) is 16.8 Å². The van der Waals surface area contributed by atoms with Crippen molar-refractivity contribution in [3.8, 4) is 11.5 Å². The first-order valence-electron chi connectivity index (χ1n) is 8.36. The second-order valence-corrected chi connectivity index (χ2v) is 5.70. The van der Waals surface area contributed by atoms with E-state index in [0.29, 0.717) is 18.1 Å². The van der Waals surface area contributed by atoms with Gasteiger partial charge in [0.25, 0.3) is 5.91 Å². The topological polar surface area (TPSA) is 69.2 Å². The van der Waals surface area contributed by atoms with Crippen LogP contribution in [-0.2, 0) is 9.63 Å². The zero-order valence-electron chi connectivity index (χ0n) is 15.5. The van der Waals surface area contributed by atoms with Gasteiger partial charge in [0.05, 0.1) is 19.9 Å². The molecule has 0 aliphatic carbocycles. The summed E-state index contributed by atoms with van der Waals surface area (Å²) in [7, 11) is 1.59. The van der Waals surface area contributed by atoms with Crippen molar-refractivity contribution in [1.29, 1.82) is 0 Å². The monoisotopic (exact) mass is 356 g/mol. The SMILES string of the molecule is CCOc1cc(/C=N/OCC(=O)Nc2ccc(C)c(C)c2)ccc1OC. The molecule has 0 bridgehead atoms. The molecular formula is C20H24N2O4. The third-order valence-corrected chi connectivity index (χ3v) is 3.75. The number of aryl methyl sites for hydroxylation is 2. The molecule has 6 heteroatoms. The highest BCUT2D eigenvalue weighted by Crippen LogP contribution is 2.27. The Morgan fingerprint density at radius 2 is 1.92 bits per heavy atom. The summed E-state index contributed by atoms with van der Waals surface area (Å²) < 4.78 is 10.7. The standard InChI is InChI=1S/C20H24N2O4/c1-5-25-19-11-16(7-9-18(19)24-4)12-21-26-13-20(23)22-17-8-6-14(2)15(3)10-17/h6-12H,5,13H2,1-4H3,(H,22,23)/b21-12+. The smallest absolute Gasteiger partial charge is 0.265 e. The number of amides is 1. The molecule has 0 fully saturated rings. The lowest BCUT2D eigenvalue weighted by molar-refractivity contribution is -0.120. The van der Waals surface area contributed by atoms with Crippen LogP contribution in [0.1, 0.15) is 23.6 Å². The zero-order valence-corrected chi connectivity index (χ0v) is 15.5. The molecule has 2 rings (SSSR count). The fraction of sp³-hybridized carbons (Fsp3) is 0.300. The van der Waals surface area contributed by atoms with Gasteiger partial charge in [-0.15, -0.1) is 0 Å². The Kier molecular flexibility index (Phi) is 7.02. The minimum absolute atomic E-state index is 0.169. The molecule has 0 heterocycles. The minimum Gasteiger partial charge on any atom is -0.493 e. The summed E-state index contributed by atoms with van der Waals surface area (Å²) in [6, 6.07) is 11.1. The Balaban J connectivity index is 1.87. The number of benzene rings is 2. The molecule has 2 aromatic carbocycles. The highest BCUT2D eigenvalue weighted by Gasteiger charge is 2.05. The molecule has 1 N–H and O–H groups in total. The van der Waals surface area contributed by atoms with Crippen LogP contribution in [-0.4, -0.2) is 32.4 Å². The van der Waals surface area contributed by atoms with E-state index in [1.54, 1.807) is 19.2 Å². The zero-order chi connectivity index (χ0) is 18.9. The molecule has 0 saturated heterocycles. The number of rotatable bonds is 8. The maximum atomic E-state index is 11.9. The summed E-state index contributed by atoms with van der Waals surface area (Å²) in [5, 5.41) is 6.60. The number of hydrogen-bond donors (Lipinski definition) is 1. The number of nitrogens with zero attached hydrogens (tertiary/aromatic N) is 1. The van der Waals surface area contributed by atoms with Gasteiger partial charge >= 0.3 is 0 Å². The molecule has 0 unspecified atom stereocenters. The van der Waals surface area contributed by atoms with Crippen molar-refractivity contribution in [3.05, 3.63) is 53.1 Å². The van der Waals surface area contributed by atoms with E-state index in [-0.39, 0.29) is 12.5 Å². The number of anilines is 1. The van der Waals surface area contributed by atoms with Crippen molar-refractivity contribution in [3.63, 3.8) is 0 Å². The molecule has 0 aliphatic rings. The van der Waals surface area contributed by atoms with Crippen LogP contribution in [0.4, 0.5) is 5.69 Å². The van der Waals surface area contributed by atoms with Crippen LogP contribution in [0, 0.1) is 13.8 Å². The number of ether oxygens (including phenoxy) is 2. The molecule has 1 amide bonds. The Labute approximate surface area is 153 Å². The van der Waals surface area contributed by atoms with Gasteiger partial charge in [-0.1, -0.05) is 11.2 Å². The Morgan fingerprint density at radius 3 is 2.62 bits per heavy atom. The first kappa shape index (κ1) is 19.3. The van der Waals surface area contributed by atoms with Gasteiger partial charge in [-0.3, -0.25) is 4.79 Å². The molecule has 0 aromatic heterocycles. The van der Waals surface area contributed by atoms with Gasteiger partial charge in [-0.05, 0) is 62.2 Å². The molecular weight excluding hydrogens is 332 g/mol. The fourth-order valence-electron chi connectivity index (χ4n) is 2.25. The number of nitrogens with one attached hydrogen (secondary N) is 1. The summed E-state index contributed by atoms with van der Waals surface area (Å²) in [6.07, 6.45) is 1.52.